The van der Waals surface area contributed by atoms with Crippen LogP contribution in [0.2, 0.25) is 0 Å². The molecule has 192 valence electrons. The quantitative estimate of drug-likeness (QED) is 0.566. The Bertz CT molecular complexity index is 1360. The lowest BCUT2D eigenvalue weighted by atomic mass is 9.81. The maximum Gasteiger partial charge on any atom is 0.416 e. The summed E-state index contributed by atoms with van der Waals surface area (Å²) >= 11 is 1.31. The number of piperazine rings is 1. The first-order chi connectivity index (χ1) is 17.2. The molecule has 3 heterocycles. The number of halogens is 3. The summed E-state index contributed by atoms with van der Waals surface area (Å²) in [5, 5.41) is 1.78. The fourth-order valence-corrected chi connectivity index (χ4v) is 6.11. The summed E-state index contributed by atoms with van der Waals surface area (Å²) in [4.78, 5) is 44.7. The van der Waals surface area contributed by atoms with Gasteiger partial charge in [0.1, 0.15) is 4.70 Å². The third-order valence-corrected chi connectivity index (χ3v) is 8.26. The van der Waals surface area contributed by atoms with Gasteiger partial charge in [-0.1, -0.05) is 6.07 Å². The van der Waals surface area contributed by atoms with Crippen LogP contribution in [0.3, 0.4) is 0 Å². The average molecular weight is 521 g/mol. The van der Waals surface area contributed by atoms with E-state index in [0.717, 1.165) is 25.0 Å². The Morgan fingerprint density at radius 1 is 1.03 bits per heavy atom. The normalized spacial score (nSPS) is 21.2. The van der Waals surface area contributed by atoms with Crippen molar-refractivity contribution in [1.82, 2.24) is 14.5 Å². The van der Waals surface area contributed by atoms with Crippen molar-refractivity contribution >= 4 is 33.1 Å². The minimum atomic E-state index is -4.38. The Labute approximate surface area is 209 Å². The van der Waals surface area contributed by atoms with Gasteiger partial charge in [0.2, 0.25) is 5.91 Å². The van der Waals surface area contributed by atoms with Crippen molar-refractivity contribution < 1.29 is 18.0 Å². The first-order valence-corrected chi connectivity index (χ1v) is 13.0. The van der Waals surface area contributed by atoms with Crippen molar-refractivity contribution in [2.45, 2.75) is 38.4 Å². The van der Waals surface area contributed by atoms with Crippen LogP contribution >= 0.6 is 11.3 Å². The molecule has 2 aliphatic rings. The number of amides is 1. The highest BCUT2D eigenvalue weighted by Crippen LogP contribution is 2.33. The Morgan fingerprint density at radius 3 is 2.44 bits per heavy atom. The van der Waals surface area contributed by atoms with Crippen molar-refractivity contribution in [1.29, 1.82) is 0 Å². The van der Waals surface area contributed by atoms with E-state index in [2.05, 4.69) is 4.98 Å². The number of aromatic amines is 1. The SMILES string of the molecule is O=C(C1CCC(Cn2c(=O)[nH]c3ccsc3c2=O)CC1)N1CCN(c2cccc(C(F)(F)F)c2)CC1. The molecule has 1 saturated heterocycles. The molecule has 7 nitrogen and oxygen atoms in total. The molecule has 1 aliphatic heterocycles. The van der Waals surface area contributed by atoms with Gasteiger partial charge < -0.3 is 14.8 Å². The number of rotatable bonds is 4. The van der Waals surface area contributed by atoms with E-state index in [1.165, 1.54) is 22.0 Å². The number of H-pyrrole nitrogens is 1. The van der Waals surface area contributed by atoms with Gasteiger partial charge in [0.25, 0.3) is 5.56 Å². The van der Waals surface area contributed by atoms with Gasteiger partial charge in [0.15, 0.2) is 0 Å². The zero-order chi connectivity index (χ0) is 25.4. The van der Waals surface area contributed by atoms with Crippen LogP contribution in [0.15, 0.2) is 45.3 Å². The van der Waals surface area contributed by atoms with Crippen LogP contribution in [-0.4, -0.2) is 46.5 Å². The fraction of sp³-hybridized carbons (Fsp3) is 0.480. The fourth-order valence-electron chi connectivity index (χ4n) is 5.31. The predicted molar refractivity (Wildman–Crippen MR) is 132 cm³/mol. The number of anilines is 1. The molecule has 0 radical (unpaired) electrons. The number of thiophene rings is 1. The molecule has 1 saturated carbocycles. The van der Waals surface area contributed by atoms with Crippen LogP contribution in [0.5, 0.6) is 0 Å². The van der Waals surface area contributed by atoms with E-state index in [4.69, 9.17) is 0 Å². The van der Waals surface area contributed by atoms with Gasteiger partial charge in [-0.15, -0.1) is 11.3 Å². The van der Waals surface area contributed by atoms with Crippen molar-refractivity contribution in [3.05, 3.63) is 62.1 Å². The Morgan fingerprint density at radius 2 is 1.75 bits per heavy atom. The number of alkyl halides is 3. The van der Waals surface area contributed by atoms with Gasteiger partial charge in [-0.05, 0) is 61.2 Å². The Hall–Kier alpha value is -3.08. The first kappa shape index (κ1) is 24.6. The molecule has 0 spiro atoms. The molecule has 1 aromatic carbocycles. The van der Waals surface area contributed by atoms with E-state index < -0.39 is 17.4 Å². The van der Waals surface area contributed by atoms with E-state index >= 15 is 0 Å². The highest BCUT2D eigenvalue weighted by atomic mass is 32.1. The average Bonchev–Trinajstić information content (AvgIpc) is 3.35. The molecular formula is C25H27F3N4O3S. The van der Waals surface area contributed by atoms with Crippen LogP contribution < -0.4 is 16.1 Å². The second-order valence-corrected chi connectivity index (χ2v) is 10.5. The number of hydrogen-bond acceptors (Lipinski definition) is 5. The molecule has 5 rings (SSSR count). The Kier molecular flexibility index (Phi) is 6.67. The van der Waals surface area contributed by atoms with Crippen LogP contribution in [0, 0.1) is 11.8 Å². The zero-order valence-electron chi connectivity index (χ0n) is 19.6. The molecule has 0 unspecified atom stereocenters. The summed E-state index contributed by atoms with van der Waals surface area (Å²) in [6, 6.07) is 7.02. The summed E-state index contributed by atoms with van der Waals surface area (Å²) in [7, 11) is 0. The van der Waals surface area contributed by atoms with Gasteiger partial charge >= 0.3 is 11.9 Å². The van der Waals surface area contributed by atoms with E-state index in [1.807, 2.05) is 9.80 Å². The third-order valence-electron chi connectivity index (χ3n) is 7.36. The molecule has 2 aromatic heterocycles. The van der Waals surface area contributed by atoms with Gasteiger partial charge in [-0.2, -0.15) is 13.2 Å². The summed E-state index contributed by atoms with van der Waals surface area (Å²) in [6.07, 6.45) is -1.47. The number of nitrogens with one attached hydrogen (secondary N) is 1. The van der Waals surface area contributed by atoms with Crippen LogP contribution in [0.25, 0.3) is 10.2 Å². The van der Waals surface area contributed by atoms with Crippen molar-refractivity contribution in [2.75, 3.05) is 31.1 Å². The summed E-state index contributed by atoms with van der Waals surface area (Å²) in [5.74, 6) is 0.145. The topological polar surface area (TPSA) is 78.4 Å². The number of nitrogens with zero attached hydrogens (tertiary/aromatic N) is 3. The van der Waals surface area contributed by atoms with Crippen molar-refractivity contribution in [3.63, 3.8) is 0 Å². The number of hydrogen-bond donors (Lipinski definition) is 1. The molecule has 2 fully saturated rings. The smallest absolute Gasteiger partial charge is 0.368 e. The lowest BCUT2D eigenvalue weighted by Crippen LogP contribution is -2.51. The van der Waals surface area contributed by atoms with Crippen LogP contribution in [0.1, 0.15) is 31.2 Å². The maximum absolute atomic E-state index is 13.1. The van der Waals surface area contributed by atoms with E-state index in [9.17, 15) is 27.6 Å². The molecule has 36 heavy (non-hydrogen) atoms. The number of carbonyl (C=O) groups is 1. The molecular weight excluding hydrogens is 493 g/mol. The molecule has 1 N–H and O–H groups in total. The number of benzene rings is 1. The number of carbonyl (C=O) groups excluding carboxylic acids is 1. The lowest BCUT2D eigenvalue weighted by Gasteiger charge is -2.39. The van der Waals surface area contributed by atoms with Crippen LogP contribution in [0.4, 0.5) is 18.9 Å². The van der Waals surface area contributed by atoms with Gasteiger partial charge in [0.05, 0.1) is 11.1 Å². The largest absolute Gasteiger partial charge is 0.416 e. The van der Waals surface area contributed by atoms with E-state index in [0.29, 0.717) is 61.5 Å². The minimum absolute atomic E-state index is 0.0900. The zero-order valence-corrected chi connectivity index (χ0v) is 20.4. The van der Waals surface area contributed by atoms with Crippen molar-refractivity contribution in [2.24, 2.45) is 11.8 Å². The summed E-state index contributed by atoms with van der Waals surface area (Å²) in [5.41, 5.74) is -0.254. The molecule has 1 amide bonds. The monoisotopic (exact) mass is 520 g/mol. The number of aromatic nitrogens is 2. The highest BCUT2D eigenvalue weighted by Gasteiger charge is 2.33. The maximum atomic E-state index is 13.1. The second-order valence-electron chi connectivity index (χ2n) is 9.59. The first-order valence-electron chi connectivity index (χ1n) is 12.1. The standard InChI is InChI=1S/C25H27F3N4O3S/c26-25(27,28)18-2-1-3-19(14-18)30-9-11-31(12-10-30)22(33)17-6-4-16(5-7-17)15-32-23(34)21-20(8-13-36-21)29-24(32)35/h1-3,8,13-14,16-17H,4-7,9-12,15H2,(H,29,35). The molecule has 3 aromatic rings. The van der Waals surface area contributed by atoms with Gasteiger partial charge in [-0.25, -0.2) is 4.79 Å². The van der Waals surface area contributed by atoms with Gasteiger partial charge in [-0.3, -0.25) is 14.2 Å². The van der Waals surface area contributed by atoms with Gasteiger partial charge in [0, 0.05) is 44.3 Å². The van der Waals surface area contributed by atoms with Crippen molar-refractivity contribution in [3.8, 4) is 0 Å². The van der Waals surface area contributed by atoms with Crippen LogP contribution in [-0.2, 0) is 17.5 Å². The molecule has 1 aliphatic carbocycles. The molecule has 0 bridgehead atoms. The highest BCUT2D eigenvalue weighted by molar-refractivity contribution is 7.17. The van der Waals surface area contributed by atoms with E-state index in [-0.39, 0.29) is 23.3 Å². The lowest BCUT2D eigenvalue weighted by molar-refractivity contribution is -0.138. The summed E-state index contributed by atoms with van der Waals surface area (Å²) < 4.78 is 40.9. The van der Waals surface area contributed by atoms with E-state index in [1.54, 1.807) is 17.5 Å². The number of fused-ring (bicyclic) bond motifs is 1. The minimum Gasteiger partial charge on any atom is -0.368 e. The predicted octanol–water partition coefficient (Wildman–Crippen LogP) is 3.93. The molecule has 0 atom stereocenters. The Balaban J connectivity index is 1.15. The third kappa shape index (κ3) is 4.93. The molecule has 11 heteroatoms. The second kappa shape index (κ2) is 9.76. The summed E-state index contributed by atoms with van der Waals surface area (Å²) in [6.45, 7) is 2.26.